The number of aromatic nitrogens is 2. The fraction of sp³-hybridized carbons (Fsp3) is 0.364. The third-order valence-corrected chi connectivity index (χ3v) is 2.58. The lowest BCUT2D eigenvalue weighted by atomic mass is 10.3. The summed E-state index contributed by atoms with van der Waals surface area (Å²) >= 11 is 5.91. The molecule has 0 aliphatic rings. The highest BCUT2D eigenvalue weighted by atomic mass is 35.5. The number of benzene rings is 1. The van der Waals surface area contributed by atoms with Gasteiger partial charge in [0.1, 0.15) is 5.82 Å². The number of fused-ring (bicyclic) bond motifs is 1. The first-order valence-electron chi connectivity index (χ1n) is 4.73. The SMILES string of the molecule is Cc1nc2cc(Cl)ccc2n1C(C)C. The van der Waals surface area contributed by atoms with Gasteiger partial charge in [-0.3, -0.25) is 0 Å². The number of nitrogens with zero attached hydrogens (tertiary/aromatic N) is 2. The molecule has 0 saturated carbocycles. The van der Waals surface area contributed by atoms with Crippen molar-refractivity contribution in [3.8, 4) is 0 Å². The summed E-state index contributed by atoms with van der Waals surface area (Å²) in [5, 5.41) is 0.742. The maximum atomic E-state index is 5.91. The van der Waals surface area contributed by atoms with E-state index >= 15 is 0 Å². The van der Waals surface area contributed by atoms with Gasteiger partial charge in [-0.25, -0.2) is 4.98 Å². The van der Waals surface area contributed by atoms with Crippen LogP contribution in [0.5, 0.6) is 0 Å². The molecule has 0 amide bonds. The van der Waals surface area contributed by atoms with E-state index in [1.165, 1.54) is 0 Å². The van der Waals surface area contributed by atoms with Gasteiger partial charge in [0.05, 0.1) is 11.0 Å². The largest absolute Gasteiger partial charge is 0.326 e. The van der Waals surface area contributed by atoms with Gasteiger partial charge in [-0.2, -0.15) is 0 Å². The number of hydrogen-bond acceptors (Lipinski definition) is 1. The molecule has 1 heterocycles. The van der Waals surface area contributed by atoms with E-state index in [0.29, 0.717) is 6.04 Å². The minimum atomic E-state index is 0.432. The van der Waals surface area contributed by atoms with Crippen LogP contribution >= 0.6 is 11.6 Å². The Morgan fingerprint density at radius 1 is 1.36 bits per heavy atom. The quantitative estimate of drug-likeness (QED) is 0.701. The van der Waals surface area contributed by atoms with E-state index < -0.39 is 0 Å². The van der Waals surface area contributed by atoms with E-state index in [2.05, 4.69) is 23.4 Å². The first kappa shape index (κ1) is 9.53. The van der Waals surface area contributed by atoms with Gasteiger partial charge in [-0.15, -0.1) is 0 Å². The van der Waals surface area contributed by atoms with Crippen LogP contribution in [0.4, 0.5) is 0 Å². The molecule has 0 unspecified atom stereocenters. The second-order valence-electron chi connectivity index (χ2n) is 3.76. The van der Waals surface area contributed by atoms with E-state index in [1.54, 1.807) is 0 Å². The molecular weight excluding hydrogens is 196 g/mol. The minimum Gasteiger partial charge on any atom is -0.326 e. The Morgan fingerprint density at radius 2 is 2.07 bits per heavy atom. The lowest BCUT2D eigenvalue weighted by Crippen LogP contribution is -2.02. The molecule has 0 fully saturated rings. The molecule has 1 aromatic heterocycles. The van der Waals surface area contributed by atoms with E-state index in [1.807, 2.05) is 25.1 Å². The summed E-state index contributed by atoms with van der Waals surface area (Å²) in [5.41, 5.74) is 2.13. The first-order chi connectivity index (χ1) is 6.59. The van der Waals surface area contributed by atoms with Crippen molar-refractivity contribution in [2.45, 2.75) is 26.8 Å². The predicted octanol–water partition coefficient (Wildman–Crippen LogP) is 3.58. The first-order valence-corrected chi connectivity index (χ1v) is 5.11. The maximum Gasteiger partial charge on any atom is 0.106 e. The van der Waals surface area contributed by atoms with Crippen LogP contribution in [0.3, 0.4) is 0 Å². The average molecular weight is 209 g/mol. The maximum absolute atomic E-state index is 5.91. The van der Waals surface area contributed by atoms with Crippen molar-refractivity contribution < 1.29 is 0 Å². The third kappa shape index (κ3) is 1.40. The number of hydrogen-bond donors (Lipinski definition) is 0. The van der Waals surface area contributed by atoms with Gasteiger partial charge >= 0.3 is 0 Å². The molecular formula is C11H13ClN2. The van der Waals surface area contributed by atoms with Crippen LogP contribution in [0.15, 0.2) is 18.2 Å². The van der Waals surface area contributed by atoms with Crippen LogP contribution < -0.4 is 0 Å². The summed E-state index contributed by atoms with van der Waals surface area (Å²) in [5.74, 6) is 1.04. The second kappa shape index (κ2) is 3.28. The number of halogens is 1. The van der Waals surface area contributed by atoms with Gasteiger partial charge < -0.3 is 4.57 Å². The molecule has 0 atom stereocenters. The number of imidazole rings is 1. The Hall–Kier alpha value is -1.02. The van der Waals surface area contributed by atoms with Crippen molar-refractivity contribution in [2.24, 2.45) is 0 Å². The summed E-state index contributed by atoms with van der Waals surface area (Å²) < 4.78 is 2.21. The van der Waals surface area contributed by atoms with Gasteiger partial charge in [0.15, 0.2) is 0 Å². The van der Waals surface area contributed by atoms with Crippen LogP contribution in [0.1, 0.15) is 25.7 Å². The minimum absolute atomic E-state index is 0.432. The zero-order valence-corrected chi connectivity index (χ0v) is 9.34. The summed E-state index contributed by atoms with van der Waals surface area (Å²) in [6, 6.07) is 6.27. The summed E-state index contributed by atoms with van der Waals surface area (Å²) in [4.78, 5) is 4.47. The highest BCUT2D eigenvalue weighted by molar-refractivity contribution is 6.31. The zero-order chi connectivity index (χ0) is 10.3. The standard InChI is InChI=1S/C11H13ClN2/c1-7(2)14-8(3)13-10-6-9(12)4-5-11(10)14/h4-7H,1-3H3. The second-order valence-corrected chi connectivity index (χ2v) is 4.19. The molecule has 0 aliphatic heterocycles. The van der Waals surface area contributed by atoms with Crippen LogP contribution in [0, 0.1) is 6.92 Å². The lowest BCUT2D eigenvalue weighted by molar-refractivity contribution is 0.600. The molecule has 0 radical (unpaired) electrons. The Balaban J connectivity index is 2.77. The molecule has 2 nitrogen and oxygen atoms in total. The Morgan fingerprint density at radius 3 is 2.71 bits per heavy atom. The van der Waals surface area contributed by atoms with E-state index in [-0.39, 0.29) is 0 Å². The Labute approximate surface area is 88.5 Å². The summed E-state index contributed by atoms with van der Waals surface area (Å²) in [6.07, 6.45) is 0. The topological polar surface area (TPSA) is 17.8 Å². The van der Waals surface area contributed by atoms with Crippen molar-refractivity contribution in [1.82, 2.24) is 9.55 Å². The van der Waals surface area contributed by atoms with Gasteiger partial charge in [0.2, 0.25) is 0 Å². The molecule has 0 bridgehead atoms. The van der Waals surface area contributed by atoms with Crippen molar-refractivity contribution in [2.75, 3.05) is 0 Å². The van der Waals surface area contributed by atoms with E-state index in [0.717, 1.165) is 21.9 Å². The van der Waals surface area contributed by atoms with Crippen molar-refractivity contribution in [3.63, 3.8) is 0 Å². The molecule has 0 N–H and O–H groups in total. The van der Waals surface area contributed by atoms with Crippen LogP contribution in [-0.2, 0) is 0 Å². The normalized spacial score (nSPS) is 11.5. The number of rotatable bonds is 1. The van der Waals surface area contributed by atoms with E-state index in [9.17, 15) is 0 Å². The molecule has 0 aliphatic carbocycles. The molecule has 0 saturated heterocycles. The van der Waals surface area contributed by atoms with Gasteiger partial charge in [0, 0.05) is 11.1 Å². The van der Waals surface area contributed by atoms with Gasteiger partial charge in [-0.05, 0) is 39.0 Å². The highest BCUT2D eigenvalue weighted by Crippen LogP contribution is 2.23. The highest BCUT2D eigenvalue weighted by Gasteiger charge is 2.09. The molecule has 1 aromatic carbocycles. The molecule has 14 heavy (non-hydrogen) atoms. The zero-order valence-electron chi connectivity index (χ0n) is 8.58. The molecule has 2 aromatic rings. The van der Waals surface area contributed by atoms with Crippen LogP contribution in [0.25, 0.3) is 11.0 Å². The number of aryl methyl sites for hydroxylation is 1. The Bertz CT molecular complexity index is 471. The summed E-state index contributed by atoms with van der Waals surface area (Å²) in [7, 11) is 0. The average Bonchev–Trinajstić information content (AvgIpc) is 2.39. The molecule has 3 heteroatoms. The molecule has 74 valence electrons. The fourth-order valence-corrected chi connectivity index (χ4v) is 2.01. The van der Waals surface area contributed by atoms with E-state index in [4.69, 9.17) is 11.6 Å². The van der Waals surface area contributed by atoms with Crippen LogP contribution in [0.2, 0.25) is 5.02 Å². The van der Waals surface area contributed by atoms with Crippen molar-refractivity contribution in [1.29, 1.82) is 0 Å². The third-order valence-electron chi connectivity index (χ3n) is 2.34. The van der Waals surface area contributed by atoms with Gasteiger partial charge in [-0.1, -0.05) is 11.6 Å². The smallest absolute Gasteiger partial charge is 0.106 e. The Kier molecular flexibility index (Phi) is 2.23. The predicted molar refractivity (Wildman–Crippen MR) is 59.9 cm³/mol. The monoisotopic (exact) mass is 208 g/mol. The molecule has 0 spiro atoms. The summed E-state index contributed by atoms with van der Waals surface area (Å²) in [6.45, 7) is 6.33. The van der Waals surface area contributed by atoms with Crippen molar-refractivity contribution in [3.05, 3.63) is 29.0 Å². The lowest BCUT2D eigenvalue weighted by Gasteiger charge is -2.10. The van der Waals surface area contributed by atoms with Crippen molar-refractivity contribution >= 4 is 22.6 Å². The fourth-order valence-electron chi connectivity index (χ4n) is 1.84. The molecule has 2 rings (SSSR count). The van der Waals surface area contributed by atoms with Gasteiger partial charge in [0.25, 0.3) is 0 Å². The van der Waals surface area contributed by atoms with Crippen LogP contribution in [-0.4, -0.2) is 9.55 Å².